The summed E-state index contributed by atoms with van der Waals surface area (Å²) >= 11 is 0. The Bertz CT molecular complexity index is 1270. The zero-order valence-electron chi connectivity index (χ0n) is 18.6. The van der Waals surface area contributed by atoms with Gasteiger partial charge in [0.2, 0.25) is 0 Å². The van der Waals surface area contributed by atoms with E-state index >= 15 is 0 Å². The van der Waals surface area contributed by atoms with E-state index < -0.39 is 5.82 Å². The highest BCUT2D eigenvalue weighted by Crippen LogP contribution is 2.25. The van der Waals surface area contributed by atoms with Crippen molar-refractivity contribution in [3.63, 3.8) is 0 Å². The second-order valence-corrected chi connectivity index (χ2v) is 7.70. The summed E-state index contributed by atoms with van der Waals surface area (Å²) in [7, 11) is 1.58. The zero-order valence-corrected chi connectivity index (χ0v) is 18.6. The van der Waals surface area contributed by atoms with Gasteiger partial charge < -0.3 is 14.4 Å². The molecule has 0 heterocycles. The lowest BCUT2D eigenvalue weighted by Gasteiger charge is -2.23. The summed E-state index contributed by atoms with van der Waals surface area (Å²) in [6.45, 7) is 0.529. The van der Waals surface area contributed by atoms with Crippen LogP contribution in [0.3, 0.4) is 0 Å². The predicted octanol–water partition coefficient (Wildman–Crippen LogP) is 6.61. The maximum Gasteiger partial charge on any atom is 0.254 e. The monoisotopic (exact) mass is 459 g/mol. The molecule has 0 saturated carbocycles. The highest BCUT2D eigenvalue weighted by Gasteiger charge is 2.18. The Kier molecular flexibility index (Phi) is 7.18. The molecule has 0 aliphatic heterocycles. The molecule has 4 rings (SSSR count). The van der Waals surface area contributed by atoms with E-state index in [1.807, 2.05) is 24.3 Å². The van der Waals surface area contributed by atoms with Gasteiger partial charge in [-0.25, -0.2) is 8.78 Å². The van der Waals surface area contributed by atoms with Gasteiger partial charge in [-0.1, -0.05) is 36.4 Å². The molecule has 0 bridgehead atoms. The summed E-state index contributed by atoms with van der Waals surface area (Å²) in [5, 5.41) is 0. The molecule has 1 amide bonds. The normalized spacial score (nSPS) is 10.6. The predicted molar refractivity (Wildman–Crippen MR) is 126 cm³/mol. The summed E-state index contributed by atoms with van der Waals surface area (Å²) in [4.78, 5) is 15.1. The highest BCUT2D eigenvalue weighted by atomic mass is 19.1. The smallest absolute Gasteiger partial charge is 0.254 e. The van der Waals surface area contributed by atoms with Crippen LogP contribution in [0.2, 0.25) is 0 Å². The van der Waals surface area contributed by atoms with Crippen molar-refractivity contribution in [1.29, 1.82) is 0 Å². The first kappa shape index (κ1) is 23.0. The van der Waals surface area contributed by atoms with Crippen LogP contribution in [0.15, 0.2) is 97.1 Å². The zero-order chi connectivity index (χ0) is 23.9. The quantitative estimate of drug-likeness (QED) is 0.298. The highest BCUT2D eigenvalue weighted by molar-refractivity contribution is 5.94. The van der Waals surface area contributed by atoms with Gasteiger partial charge >= 0.3 is 0 Å². The third-order valence-electron chi connectivity index (χ3n) is 5.22. The van der Waals surface area contributed by atoms with Crippen LogP contribution in [0.5, 0.6) is 17.2 Å². The van der Waals surface area contributed by atoms with Crippen LogP contribution in [-0.4, -0.2) is 17.9 Å². The van der Waals surface area contributed by atoms with E-state index in [9.17, 15) is 13.6 Å². The molecular weight excluding hydrogens is 436 g/mol. The van der Waals surface area contributed by atoms with Crippen molar-refractivity contribution in [2.75, 3.05) is 7.11 Å². The standard InChI is InChI=1S/C28H23F2NO3/c1-33-25-9-5-7-21(17-25)19-31(18-20-6-4-8-23(29)16-20)28(32)22-12-14-24(15-13-22)34-27-11-3-2-10-26(27)30/h2-17H,18-19H2,1H3. The van der Waals surface area contributed by atoms with Gasteiger partial charge in [0.05, 0.1) is 7.11 Å². The molecule has 0 fully saturated rings. The number of amides is 1. The number of rotatable bonds is 8. The molecule has 34 heavy (non-hydrogen) atoms. The van der Waals surface area contributed by atoms with Crippen LogP contribution in [0, 0.1) is 11.6 Å². The first-order valence-corrected chi connectivity index (χ1v) is 10.7. The van der Waals surface area contributed by atoms with Gasteiger partial charge in [-0.15, -0.1) is 0 Å². The largest absolute Gasteiger partial charge is 0.497 e. The molecule has 0 spiro atoms. The van der Waals surface area contributed by atoms with Crippen molar-refractivity contribution in [1.82, 2.24) is 4.90 Å². The topological polar surface area (TPSA) is 38.8 Å². The Morgan fingerprint density at radius 2 is 1.44 bits per heavy atom. The van der Waals surface area contributed by atoms with Crippen LogP contribution in [0.1, 0.15) is 21.5 Å². The molecule has 4 nitrogen and oxygen atoms in total. The molecule has 0 aliphatic carbocycles. The lowest BCUT2D eigenvalue weighted by molar-refractivity contribution is 0.0729. The molecule has 4 aromatic rings. The van der Waals surface area contributed by atoms with E-state index in [-0.39, 0.29) is 24.0 Å². The number of benzene rings is 4. The minimum Gasteiger partial charge on any atom is -0.497 e. The van der Waals surface area contributed by atoms with Crippen molar-refractivity contribution < 1.29 is 23.0 Å². The average Bonchev–Trinajstić information content (AvgIpc) is 2.85. The number of carbonyl (C=O) groups is 1. The number of hydrogen-bond acceptors (Lipinski definition) is 3. The number of nitrogens with zero attached hydrogens (tertiary/aromatic N) is 1. The van der Waals surface area contributed by atoms with Gasteiger partial charge in [0.15, 0.2) is 11.6 Å². The number of ether oxygens (including phenoxy) is 2. The van der Waals surface area contributed by atoms with E-state index in [2.05, 4.69) is 0 Å². The summed E-state index contributed by atoms with van der Waals surface area (Å²) in [5.41, 5.74) is 1.99. The number of carbonyl (C=O) groups excluding carboxylic acids is 1. The molecule has 0 N–H and O–H groups in total. The van der Waals surface area contributed by atoms with Crippen LogP contribution in [-0.2, 0) is 13.1 Å². The fraction of sp³-hybridized carbons (Fsp3) is 0.107. The van der Waals surface area contributed by atoms with Crippen LogP contribution in [0.4, 0.5) is 8.78 Å². The fourth-order valence-corrected chi connectivity index (χ4v) is 3.55. The van der Waals surface area contributed by atoms with Gasteiger partial charge in [0.1, 0.15) is 17.3 Å². The molecule has 0 aromatic heterocycles. The van der Waals surface area contributed by atoms with Gasteiger partial charge in [-0.2, -0.15) is 0 Å². The number of methoxy groups -OCH3 is 1. The van der Waals surface area contributed by atoms with E-state index in [1.54, 1.807) is 60.5 Å². The van der Waals surface area contributed by atoms with Crippen LogP contribution < -0.4 is 9.47 Å². The lowest BCUT2D eigenvalue weighted by Crippen LogP contribution is -2.30. The number of para-hydroxylation sites is 1. The maximum absolute atomic E-state index is 13.9. The van der Waals surface area contributed by atoms with E-state index in [4.69, 9.17) is 9.47 Å². The second-order valence-electron chi connectivity index (χ2n) is 7.70. The maximum atomic E-state index is 13.9. The SMILES string of the molecule is COc1cccc(CN(Cc2cccc(F)c2)C(=O)c2ccc(Oc3ccccc3F)cc2)c1. The van der Waals surface area contributed by atoms with E-state index in [0.29, 0.717) is 29.2 Å². The lowest BCUT2D eigenvalue weighted by atomic mass is 10.1. The molecule has 6 heteroatoms. The summed E-state index contributed by atoms with van der Waals surface area (Å²) in [6.07, 6.45) is 0. The molecule has 0 atom stereocenters. The fourth-order valence-electron chi connectivity index (χ4n) is 3.55. The third-order valence-corrected chi connectivity index (χ3v) is 5.22. The van der Waals surface area contributed by atoms with Crippen molar-refractivity contribution >= 4 is 5.91 Å². The molecule has 4 aromatic carbocycles. The second kappa shape index (κ2) is 10.6. The minimum absolute atomic E-state index is 0.104. The summed E-state index contributed by atoms with van der Waals surface area (Å²) in [6, 6.07) is 26.2. The van der Waals surface area contributed by atoms with E-state index in [0.717, 1.165) is 5.56 Å². The molecular formula is C28H23F2NO3. The summed E-state index contributed by atoms with van der Waals surface area (Å²) < 4.78 is 38.5. The molecule has 0 unspecified atom stereocenters. The molecule has 0 saturated heterocycles. The molecule has 0 aliphatic rings. The average molecular weight is 459 g/mol. The van der Waals surface area contributed by atoms with Crippen molar-refractivity contribution in [3.05, 3.63) is 125 Å². The van der Waals surface area contributed by atoms with Gasteiger partial charge in [-0.05, 0) is 71.8 Å². The first-order valence-electron chi connectivity index (χ1n) is 10.7. The van der Waals surface area contributed by atoms with Gasteiger partial charge in [-0.3, -0.25) is 4.79 Å². The number of halogens is 2. The van der Waals surface area contributed by atoms with Gasteiger partial charge in [0.25, 0.3) is 5.91 Å². The Balaban J connectivity index is 1.56. The van der Waals surface area contributed by atoms with Crippen molar-refractivity contribution in [2.24, 2.45) is 0 Å². The van der Waals surface area contributed by atoms with Crippen molar-refractivity contribution in [3.8, 4) is 17.2 Å². The molecule has 172 valence electrons. The van der Waals surface area contributed by atoms with Crippen LogP contribution >= 0.6 is 0 Å². The molecule has 0 radical (unpaired) electrons. The minimum atomic E-state index is -0.470. The number of hydrogen-bond donors (Lipinski definition) is 0. The Morgan fingerprint density at radius 1 is 0.765 bits per heavy atom. The first-order chi connectivity index (χ1) is 16.5. The van der Waals surface area contributed by atoms with Crippen LogP contribution in [0.25, 0.3) is 0 Å². The van der Waals surface area contributed by atoms with Gasteiger partial charge in [0, 0.05) is 18.7 Å². The third kappa shape index (κ3) is 5.78. The van der Waals surface area contributed by atoms with Crippen molar-refractivity contribution in [2.45, 2.75) is 13.1 Å². The Labute approximate surface area is 197 Å². The Hall–Kier alpha value is -4.19. The van der Waals surface area contributed by atoms with E-state index in [1.165, 1.54) is 24.3 Å². The Morgan fingerprint density at radius 3 is 2.12 bits per heavy atom. The summed E-state index contributed by atoms with van der Waals surface area (Å²) in [5.74, 6) is 0.136.